The third-order valence-electron chi connectivity index (χ3n) is 4.90. The van der Waals surface area contributed by atoms with Crippen molar-refractivity contribution in [3.63, 3.8) is 0 Å². The predicted molar refractivity (Wildman–Crippen MR) is 106 cm³/mol. The summed E-state index contributed by atoms with van der Waals surface area (Å²) >= 11 is 1.79. The van der Waals surface area contributed by atoms with Crippen LogP contribution in [-0.2, 0) is 10.2 Å². The van der Waals surface area contributed by atoms with E-state index in [2.05, 4.69) is 58.8 Å². The van der Waals surface area contributed by atoms with E-state index < -0.39 is 0 Å². The minimum absolute atomic E-state index is 0.0692. The number of rotatable bonds is 8. The molecule has 5 nitrogen and oxygen atoms in total. The lowest BCUT2D eigenvalue weighted by atomic mass is 9.91. The maximum absolute atomic E-state index is 11.9. The van der Waals surface area contributed by atoms with Crippen molar-refractivity contribution in [1.29, 1.82) is 0 Å². The molecule has 1 aromatic rings. The van der Waals surface area contributed by atoms with Crippen LogP contribution in [0.25, 0.3) is 0 Å². The number of nitrogens with zero attached hydrogens (tertiary/aromatic N) is 2. The monoisotopic (exact) mass is 364 g/mol. The molecule has 0 aromatic carbocycles. The van der Waals surface area contributed by atoms with Crippen LogP contribution in [0.1, 0.15) is 51.3 Å². The highest BCUT2D eigenvalue weighted by atomic mass is 32.1. The van der Waals surface area contributed by atoms with Crippen LogP contribution >= 0.6 is 11.3 Å². The van der Waals surface area contributed by atoms with Gasteiger partial charge in [-0.15, -0.1) is 11.3 Å². The van der Waals surface area contributed by atoms with Gasteiger partial charge in [0.15, 0.2) is 5.96 Å². The van der Waals surface area contributed by atoms with Crippen molar-refractivity contribution in [3.05, 3.63) is 22.4 Å². The summed E-state index contributed by atoms with van der Waals surface area (Å²) in [6.45, 7) is 9.21. The first kappa shape index (κ1) is 19.8. The Balaban J connectivity index is 1.77. The maximum Gasteiger partial charge on any atom is 0.222 e. The second kappa shape index (κ2) is 9.22. The molecule has 1 atom stereocenters. The van der Waals surface area contributed by atoms with Crippen LogP contribution < -0.4 is 10.6 Å². The summed E-state index contributed by atoms with van der Waals surface area (Å²) in [4.78, 5) is 19.7. The number of nitrogens with one attached hydrogen (secondary N) is 2. The van der Waals surface area contributed by atoms with Crippen molar-refractivity contribution in [2.45, 2.75) is 57.9 Å². The summed E-state index contributed by atoms with van der Waals surface area (Å²) < 4.78 is 0. The summed E-state index contributed by atoms with van der Waals surface area (Å²) in [7, 11) is 1.80. The second-order valence-electron chi connectivity index (χ2n) is 7.26. The third kappa shape index (κ3) is 5.46. The molecule has 2 rings (SSSR count). The van der Waals surface area contributed by atoms with Crippen LogP contribution in [0.5, 0.6) is 0 Å². The SMILES string of the molecule is CCC(CCNC(=NC)NCC(C)(C)c1cccs1)N1CCCC1=O. The van der Waals surface area contributed by atoms with E-state index in [1.54, 1.807) is 18.4 Å². The van der Waals surface area contributed by atoms with Crippen LogP contribution in [-0.4, -0.2) is 49.5 Å². The van der Waals surface area contributed by atoms with Crippen molar-refractivity contribution in [2.24, 2.45) is 4.99 Å². The minimum atomic E-state index is 0.0692. The standard InChI is InChI=1S/C19H32N4OS/c1-5-15(23-12-6-9-17(23)24)10-11-21-18(20-4)22-14-19(2,3)16-8-7-13-25-16/h7-8,13,15H,5-6,9-12,14H2,1-4H3,(H2,20,21,22). The molecule has 25 heavy (non-hydrogen) atoms. The molecule has 140 valence electrons. The fraction of sp³-hybridized carbons (Fsp3) is 0.684. The van der Waals surface area contributed by atoms with Gasteiger partial charge < -0.3 is 15.5 Å². The van der Waals surface area contributed by atoms with E-state index in [1.165, 1.54) is 4.88 Å². The zero-order chi connectivity index (χ0) is 18.3. The van der Waals surface area contributed by atoms with E-state index in [4.69, 9.17) is 0 Å². The molecule has 2 N–H and O–H groups in total. The molecule has 1 amide bonds. The van der Waals surface area contributed by atoms with Gasteiger partial charge in [-0.2, -0.15) is 0 Å². The van der Waals surface area contributed by atoms with Gasteiger partial charge in [-0.25, -0.2) is 0 Å². The van der Waals surface area contributed by atoms with Gasteiger partial charge >= 0.3 is 0 Å². The minimum Gasteiger partial charge on any atom is -0.356 e. The van der Waals surface area contributed by atoms with Crippen LogP contribution in [0.2, 0.25) is 0 Å². The van der Waals surface area contributed by atoms with Crippen LogP contribution in [0.15, 0.2) is 22.5 Å². The summed E-state index contributed by atoms with van der Waals surface area (Å²) in [6, 6.07) is 4.61. The maximum atomic E-state index is 11.9. The lowest BCUT2D eigenvalue weighted by molar-refractivity contribution is -0.129. The molecule has 0 saturated carbocycles. The molecule has 0 spiro atoms. The van der Waals surface area contributed by atoms with Crippen LogP contribution in [0.3, 0.4) is 0 Å². The molecule has 1 aliphatic heterocycles. The summed E-state index contributed by atoms with van der Waals surface area (Å²) in [6.07, 6.45) is 3.68. The Hall–Kier alpha value is -1.56. The fourth-order valence-electron chi connectivity index (χ4n) is 3.27. The van der Waals surface area contributed by atoms with E-state index in [9.17, 15) is 4.79 Å². The average molecular weight is 365 g/mol. The Morgan fingerprint density at radius 2 is 2.24 bits per heavy atom. The molecule has 1 aromatic heterocycles. The van der Waals surface area contributed by atoms with Gasteiger partial charge in [-0.1, -0.05) is 26.8 Å². The lowest BCUT2D eigenvalue weighted by Crippen LogP contribution is -2.45. The molecular formula is C19H32N4OS. The summed E-state index contributed by atoms with van der Waals surface area (Å²) in [5.41, 5.74) is 0.0692. The number of hydrogen-bond donors (Lipinski definition) is 2. The molecule has 0 bridgehead atoms. The molecule has 1 fully saturated rings. The highest BCUT2D eigenvalue weighted by Gasteiger charge is 2.26. The summed E-state index contributed by atoms with van der Waals surface area (Å²) in [5.74, 6) is 1.14. The highest BCUT2D eigenvalue weighted by molar-refractivity contribution is 7.10. The largest absolute Gasteiger partial charge is 0.356 e. The quantitative estimate of drug-likeness (QED) is 0.551. The number of likely N-dealkylation sites (tertiary alicyclic amines) is 1. The molecule has 1 aliphatic rings. The Morgan fingerprint density at radius 3 is 2.80 bits per heavy atom. The third-order valence-corrected chi connectivity index (χ3v) is 6.14. The topological polar surface area (TPSA) is 56.7 Å². The first-order chi connectivity index (χ1) is 12.0. The zero-order valence-corrected chi connectivity index (χ0v) is 16.8. The molecule has 1 unspecified atom stereocenters. The number of hydrogen-bond acceptors (Lipinski definition) is 3. The number of carbonyl (C=O) groups is 1. The van der Waals surface area contributed by atoms with Gasteiger partial charge in [-0.05, 0) is 30.7 Å². The van der Waals surface area contributed by atoms with Crippen molar-refractivity contribution >= 4 is 23.2 Å². The molecule has 6 heteroatoms. The Bertz CT molecular complexity index is 568. The molecule has 0 aliphatic carbocycles. The van der Waals surface area contributed by atoms with Gasteiger partial charge in [-0.3, -0.25) is 9.79 Å². The number of guanidine groups is 1. The van der Waals surface area contributed by atoms with Crippen molar-refractivity contribution in [1.82, 2.24) is 15.5 Å². The van der Waals surface area contributed by atoms with E-state index in [-0.39, 0.29) is 5.41 Å². The zero-order valence-electron chi connectivity index (χ0n) is 16.0. The van der Waals surface area contributed by atoms with E-state index in [0.717, 1.165) is 44.9 Å². The number of aliphatic imine (C=N–C) groups is 1. The molecule has 1 saturated heterocycles. The predicted octanol–water partition coefficient (Wildman–Crippen LogP) is 2.98. The second-order valence-corrected chi connectivity index (χ2v) is 8.20. The fourth-order valence-corrected chi connectivity index (χ4v) is 4.12. The van der Waals surface area contributed by atoms with Gasteiger partial charge in [0.05, 0.1) is 0 Å². The first-order valence-electron chi connectivity index (χ1n) is 9.26. The van der Waals surface area contributed by atoms with Gasteiger partial charge in [0.1, 0.15) is 0 Å². The average Bonchev–Trinajstić information content (AvgIpc) is 3.27. The normalized spacial score (nSPS) is 17.0. The first-order valence-corrected chi connectivity index (χ1v) is 10.1. The number of carbonyl (C=O) groups excluding carboxylic acids is 1. The Kier molecular flexibility index (Phi) is 7.29. The number of amides is 1. The van der Waals surface area contributed by atoms with Gasteiger partial charge in [0, 0.05) is 49.4 Å². The molecular weight excluding hydrogens is 332 g/mol. The molecule has 0 radical (unpaired) electrons. The van der Waals surface area contributed by atoms with E-state index >= 15 is 0 Å². The van der Waals surface area contributed by atoms with Crippen LogP contribution in [0, 0.1) is 0 Å². The Morgan fingerprint density at radius 1 is 1.44 bits per heavy atom. The smallest absolute Gasteiger partial charge is 0.222 e. The Labute approximate surface area is 155 Å². The van der Waals surface area contributed by atoms with E-state index in [0.29, 0.717) is 18.4 Å². The highest BCUT2D eigenvalue weighted by Crippen LogP contribution is 2.26. The van der Waals surface area contributed by atoms with Gasteiger partial charge in [0.25, 0.3) is 0 Å². The van der Waals surface area contributed by atoms with Crippen molar-refractivity contribution < 1.29 is 4.79 Å². The van der Waals surface area contributed by atoms with Crippen molar-refractivity contribution in [2.75, 3.05) is 26.7 Å². The summed E-state index contributed by atoms with van der Waals surface area (Å²) in [5, 5.41) is 8.95. The number of thiophene rings is 1. The van der Waals surface area contributed by atoms with Gasteiger partial charge in [0.2, 0.25) is 5.91 Å². The lowest BCUT2D eigenvalue weighted by Gasteiger charge is -2.28. The van der Waals surface area contributed by atoms with E-state index in [1.807, 2.05) is 0 Å². The molecule has 2 heterocycles. The van der Waals surface area contributed by atoms with Crippen molar-refractivity contribution in [3.8, 4) is 0 Å². The van der Waals surface area contributed by atoms with Crippen LogP contribution in [0.4, 0.5) is 0 Å².